The Kier molecular flexibility index (Phi) is 5.41. The second-order valence-electron chi connectivity index (χ2n) is 5.38. The number of aromatic nitrogens is 4. The van der Waals surface area contributed by atoms with E-state index in [0.717, 1.165) is 12.8 Å². The van der Waals surface area contributed by atoms with Crippen LogP contribution in [0.5, 0.6) is 0 Å². The Hall–Kier alpha value is -2.50. The third kappa shape index (κ3) is 4.51. The Bertz CT molecular complexity index is 677. The van der Waals surface area contributed by atoms with Crippen LogP contribution in [0.25, 0.3) is 5.78 Å². The van der Waals surface area contributed by atoms with Crippen LogP contribution in [-0.2, 0) is 0 Å². The summed E-state index contributed by atoms with van der Waals surface area (Å²) in [7, 11) is 0. The van der Waals surface area contributed by atoms with Crippen LogP contribution in [0.15, 0.2) is 41.8 Å². The van der Waals surface area contributed by atoms with Gasteiger partial charge in [-0.15, -0.1) is 5.10 Å². The predicted octanol–water partition coefficient (Wildman–Crippen LogP) is 2.55. The number of carbonyl (C=O) groups is 1. The van der Waals surface area contributed by atoms with Crippen molar-refractivity contribution in [2.75, 3.05) is 6.54 Å². The van der Waals surface area contributed by atoms with Crippen LogP contribution in [0, 0.1) is 0 Å². The molecule has 0 unspecified atom stereocenters. The highest BCUT2D eigenvalue weighted by atomic mass is 16.2. The minimum Gasteiger partial charge on any atom is -0.346 e. The van der Waals surface area contributed by atoms with Crippen LogP contribution < -0.4 is 5.32 Å². The second kappa shape index (κ2) is 7.49. The van der Waals surface area contributed by atoms with Crippen molar-refractivity contribution in [3.8, 4) is 0 Å². The molecule has 0 aliphatic carbocycles. The second-order valence-corrected chi connectivity index (χ2v) is 5.38. The largest absolute Gasteiger partial charge is 0.346 e. The fourth-order valence-electron chi connectivity index (χ4n) is 1.92. The third-order valence-corrected chi connectivity index (χ3v) is 3.12. The summed E-state index contributed by atoms with van der Waals surface area (Å²) in [6, 6.07) is 1.74. The Morgan fingerprint density at radius 1 is 1.32 bits per heavy atom. The van der Waals surface area contributed by atoms with Crippen molar-refractivity contribution >= 4 is 11.7 Å². The zero-order chi connectivity index (χ0) is 15.9. The van der Waals surface area contributed by atoms with Gasteiger partial charge in [0.05, 0.1) is 0 Å². The molecule has 2 aromatic rings. The summed E-state index contributed by atoms with van der Waals surface area (Å²) in [5.74, 6) is 0.259. The first-order valence-corrected chi connectivity index (χ1v) is 7.31. The number of amides is 1. The fourth-order valence-corrected chi connectivity index (χ4v) is 1.92. The fraction of sp³-hybridized carbons (Fsp3) is 0.375. The number of nitrogens with one attached hydrogen (secondary N) is 1. The summed E-state index contributed by atoms with van der Waals surface area (Å²) in [6.45, 7) is 6.73. The van der Waals surface area contributed by atoms with E-state index in [0.29, 0.717) is 12.3 Å². The number of hydrogen-bond acceptors (Lipinski definition) is 4. The maximum Gasteiger partial charge on any atom is 0.291 e. The molecule has 6 heteroatoms. The van der Waals surface area contributed by atoms with Crippen LogP contribution in [0.1, 0.15) is 44.2 Å². The highest BCUT2D eigenvalue weighted by Crippen LogP contribution is 2.06. The summed E-state index contributed by atoms with van der Waals surface area (Å²) in [5, 5.41) is 6.88. The Labute approximate surface area is 130 Å². The minimum absolute atomic E-state index is 0.134. The lowest BCUT2D eigenvalue weighted by molar-refractivity contribution is 0.0948. The van der Waals surface area contributed by atoms with Crippen molar-refractivity contribution in [1.29, 1.82) is 0 Å². The molecule has 0 radical (unpaired) electrons. The number of hydrogen-bond donors (Lipinski definition) is 1. The van der Waals surface area contributed by atoms with Gasteiger partial charge >= 0.3 is 0 Å². The topological polar surface area (TPSA) is 72.2 Å². The van der Waals surface area contributed by atoms with Gasteiger partial charge in [0.25, 0.3) is 11.7 Å². The van der Waals surface area contributed by atoms with Crippen molar-refractivity contribution in [3.63, 3.8) is 0 Å². The molecule has 2 heterocycles. The molecule has 0 spiro atoms. The molecule has 0 atom stereocenters. The quantitative estimate of drug-likeness (QED) is 0.832. The molecule has 0 aromatic carbocycles. The van der Waals surface area contributed by atoms with Gasteiger partial charge in [0.1, 0.15) is 0 Å². The van der Waals surface area contributed by atoms with Gasteiger partial charge < -0.3 is 5.32 Å². The molecule has 6 nitrogen and oxygen atoms in total. The molecule has 0 bridgehead atoms. The highest BCUT2D eigenvalue weighted by molar-refractivity contribution is 5.90. The average molecular weight is 299 g/mol. The zero-order valence-corrected chi connectivity index (χ0v) is 13.2. The van der Waals surface area contributed by atoms with Gasteiger partial charge in [-0.1, -0.05) is 23.3 Å². The summed E-state index contributed by atoms with van der Waals surface area (Å²) >= 11 is 0. The monoisotopic (exact) mass is 299 g/mol. The van der Waals surface area contributed by atoms with E-state index in [-0.39, 0.29) is 11.7 Å². The third-order valence-electron chi connectivity index (χ3n) is 3.12. The molecule has 0 aliphatic heterocycles. The molecular weight excluding hydrogens is 278 g/mol. The van der Waals surface area contributed by atoms with Crippen LogP contribution in [0.3, 0.4) is 0 Å². The van der Waals surface area contributed by atoms with Gasteiger partial charge in [-0.25, -0.2) is 9.50 Å². The molecule has 116 valence electrons. The zero-order valence-electron chi connectivity index (χ0n) is 13.2. The van der Waals surface area contributed by atoms with Crippen LogP contribution in [0.2, 0.25) is 0 Å². The Balaban J connectivity index is 1.85. The number of allylic oxidation sites excluding steroid dienone is 3. The van der Waals surface area contributed by atoms with E-state index in [9.17, 15) is 4.79 Å². The lowest BCUT2D eigenvalue weighted by Gasteiger charge is -2.01. The van der Waals surface area contributed by atoms with Gasteiger partial charge in [0.2, 0.25) is 5.82 Å². The van der Waals surface area contributed by atoms with E-state index >= 15 is 0 Å². The SMILES string of the molecule is CC(C)=CCCC(C)=CCNC(=O)c1nc2ncccn2n1. The Morgan fingerprint density at radius 3 is 2.86 bits per heavy atom. The van der Waals surface area contributed by atoms with E-state index < -0.39 is 0 Å². The van der Waals surface area contributed by atoms with E-state index in [4.69, 9.17) is 0 Å². The molecule has 2 rings (SSSR count). The first-order chi connectivity index (χ1) is 10.6. The Morgan fingerprint density at radius 2 is 2.14 bits per heavy atom. The molecule has 22 heavy (non-hydrogen) atoms. The molecule has 1 amide bonds. The van der Waals surface area contributed by atoms with E-state index in [2.05, 4.69) is 47.2 Å². The normalized spacial score (nSPS) is 11.5. The maximum atomic E-state index is 12.0. The van der Waals surface area contributed by atoms with Gasteiger partial charge in [0.15, 0.2) is 0 Å². The van der Waals surface area contributed by atoms with Crippen molar-refractivity contribution in [3.05, 3.63) is 47.6 Å². The van der Waals surface area contributed by atoms with E-state index in [1.165, 1.54) is 15.7 Å². The average Bonchev–Trinajstić information content (AvgIpc) is 2.90. The van der Waals surface area contributed by atoms with Gasteiger partial charge in [-0.2, -0.15) is 4.98 Å². The van der Waals surface area contributed by atoms with Crippen molar-refractivity contribution in [1.82, 2.24) is 24.9 Å². The first kappa shape index (κ1) is 15.9. The molecule has 2 aromatic heterocycles. The number of nitrogens with zero attached hydrogens (tertiary/aromatic N) is 4. The summed E-state index contributed by atoms with van der Waals surface area (Å²) in [5.41, 5.74) is 2.58. The van der Waals surface area contributed by atoms with Crippen LogP contribution >= 0.6 is 0 Å². The lowest BCUT2D eigenvalue weighted by atomic mass is 10.1. The highest BCUT2D eigenvalue weighted by Gasteiger charge is 2.11. The minimum atomic E-state index is -0.293. The molecule has 1 N–H and O–H groups in total. The molecular formula is C16H21N5O. The number of rotatable bonds is 6. The molecule has 0 saturated heterocycles. The molecule has 0 aliphatic rings. The van der Waals surface area contributed by atoms with Crippen molar-refractivity contribution in [2.24, 2.45) is 0 Å². The van der Waals surface area contributed by atoms with Crippen LogP contribution in [-0.4, -0.2) is 32.0 Å². The first-order valence-electron chi connectivity index (χ1n) is 7.31. The standard InChI is InChI=1S/C16H21N5O/c1-12(2)6-4-7-13(3)8-10-17-15(22)14-19-16-18-9-5-11-21(16)20-14/h5-6,8-9,11H,4,7,10H2,1-3H3,(H,17,22). The van der Waals surface area contributed by atoms with Crippen LogP contribution in [0.4, 0.5) is 0 Å². The maximum absolute atomic E-state index is 12.0. The summed E-state index contributed by atoms with van der Waals surface area (Å²) < 4.78 is 1.48. The smallest absolute Gasteiger partial charge is 0.291 e. The lowest BCUT2D eigenvalue weighted by Crippen LogP contribution is -2.24. The molecule has 0 saturated carbocycles. The summed E-state index contributed by atoms with van der Waals surface area (Å²) in [6.07, 6.45) is 9.58. The van der Waals surface area contributed by atoms with Gasteiger partial charge in [-0.3, -0.25) is 4.79 Å². The van der Waals surface area contributed by atoms with E-state index in [1.54, 1.807) is 18.5 Å². The number of carbonyl (C=O) groups excluding carboxylic acids is 1. The van der Waals surface area contributed by atoms with Crippen molar-refractivity contribution in [2.45, 2.75) is 33.6 Å². The van der Waals surface area contributed by atoms with Crippen molar-refractivity contribution < 1.29 is 4.79 Å². The van der Waals surface area contributed by atoms with E-state index in [1.807, 2.05) is 6.08 Å². The van der Waals surface area contributed by atoms with Gasteiger partial charge in [0, 0.05) is 18.9 Å². The molecule has 0 fully saturated rings. The predicted molar refractivity (Wildman–Crippen MR) is 85.5 cm³/mol. The summed E-state index contributed by atoms with van der Waals surface area (Å²) in [4.78, 5) is 20.1. The van der Waals surface area contributed by atoms with Gasteiger partial charge in [-0.05, 0) is 39.7 Å². The number of fused-ring (bicyclic) bond motifs is 1.